The highest BCUT2D eigenvalue weighted by Gasteiger charge is 2.16. The molecule has 0 saturated carbocycles. The molecule has 110 valence electrons. The summed E-state index contributed by atoms with van der Waals surface area (Å²) in [6, 6.07) is 5.85. The Kier molecular flexibility index (Phi) is 5.10. The summed E-state index contributed by atoms with van der Waals surface area (Å²) in [7, 11) is 0. The van der Waals surface area contributed by atoms with Crippen LogP contribution in [0.25, 0.3) is 0 Å². The molecule has 0 aromatic heterocycles. The summed E-state index contributed by atoms with van der Waals surface area (Å²) in [5, 5.41) is 11.3. The van der Waals surface area contributed by atoms with Gasteiger partial charge in [-0.2, -0.15) is 0 Å². The van der Waals surface area contributed by atoms with Gasteiger partial charge < -0.3 is 15.6 Å². The molecule has 0 spiro atoms. The van der Waals surface area contributed by atoms with Gasteiger partial charge in [0, 0.05) is 5.69 Å². The maximum Gasteiger partial charge on any atom is 0.412 e. The van der Waals surface area contributed by atoms with E-state index in [4.69, 9.17) is 15.6 Å². The number of carbonyl (C=O) groups is 2. The molecule has 0 heterocycles. The quantitative estimate of drug-likeness (QED) is 0.782. The van der Waals surface area contributed by atoms with Crippen LogP contribution in [-0.4, -0.2) is 28.8 Å². The molecule has 4 N–H and O–H groups in total. The first-order valence-corrected chi connectivity index (χ1v) is 6.25. The van der Waals surface area contributed by atoms with Gasteiger partial charge in [0.05, 0.1) is 0 Å². The zero-order chi connectivity index (χ0) is 15.3. The zero-order valence-electron chi connectivity index (χ0n) is 11.8. The Morgan fingerprint density at radius 1 is 1.30 bits per heavy atom. The standard InChI is InChI=1S/C14H20N2O4/c1-14(2,3)20-13(19)16-10-6-4-9(5-7-10)8-11(15)12(17)18/h4-7,11H,8,15H2,1-3H3,(H,16,19)(H,17,18). The number of carboxylic acids is 1. The number of benzene rings is 1. The third-order valence-electron chi connectivity index (χ3n) is 2.37. The minimum absolute atomic E-state index is 0.238. The van der Waals surface area contributed by atoms with Crippen LogP contribution in [0.4, 0.5) is 10.5 Å². The molecule has 0 bridgehead atoms. The molecule has 0 aliphatic rings. The number of anilines is 1. The van der Waals surface area contributed by atoms with Gasteiger partial charge in [-0.15, -0.1) is 0 Å². The summed E-state index contributed by atoms with van der Waals surface area (Å²) in [5.41, 5.74) is 6.25. The molecule has 0 fully saturated rings. The monoisotopic (exact) mass is 280 g/mol. The summed E-state index contributed by atoms with van der Waals surface area (Å²) in [6.45, 7) is 5.34. The van der Waals surface area contributed by atoms with Gasteiger partial charge in [0.25, 0.3) is 0 Å². The molecule has 0 saturated heterocycles. The molecule has 0 radical (unpaired) electrons. The summed E-state index contributed by atoms with van der Waals surface area (Å²) in [4.78, 5) is 22.2. The van der Waals surface area contributed by atoms with Crippen molar-refractivity contribution in [2.24, 2.45) is 5.73 Å². The van der Waals surface area contributed by atoms with E-state index < -0.39 is 23.7 Å². The summed E-state index contributed by atoms with van der Waals surface area (Å²) >= 11 is 0. The Labute approximate surface area is 117 Å². The molecule has 0 aliphatic heterocycles. The second-order valence-electron chi connectivity index (χ2n) is 5.47. The van der Waals surface area contributed by atoms with Crippen molar-refractivity contribution in [3.63, 3.8) is 0 Å². The fraction of sp³-hybridized carbons (Fsp3) is 0.429. The molecular formula is C14H20N2O4. The zero-order valence-corrected chi connectivity index (χ0v) is 11.8. The van der Waals surface area contributed by atoms with Crippen LogP contribution in [0.1, 0.15) is 26.3 Å². The van der Waals surface area contributed by atoms with Gasteiger partial charge in [0.2, 0.25) is 0 Å². The maximum absolute atomic E-state index is 11.5. The highest BCUT2D eigenvalue weighted by atomic mass is 16.6. The van der Waals surface area contributed by atoms with Gasteiger partial charge in [-0.3, -0.25) is 10.1 Å². The van der Waals surface area contributed by atoms with Gasteiger partial charge in [-0.05, 0) is 44.9 Å². The number of ether oxygens (including phenoxy) is 1. The molecule has 1 unspecified atom stereocenters. The number of aliphatic carboxylic acids is 1. The van der Waals surface area contributed by atoms with Gasteiger partial charge in [0.15, 0.2) is 0 Å². The number of amides is 1. The number of rotatable bonds is 4. The van der Waals surface area contributed by atoms with Crippen LogP contribution < -0.4 is 11.1 Å². The molecule has 1 rings (SSSR count). The van der Waals surface area contributed by atoms with Gasteiger partial charge in [-0.1, -0.05) is 12.1 Å². The Bertz CT molecular complexity index is 477. The Morgan fingerprint density at radius 3 is 2.30 bits per heavy atom. The normalized spacial score (nSPS) is 12.6. The van der Waals surface area contributed by atoms with Crippen molar-refractivity contribution in [2.75, 3.05) is 5.32 Å². The van der Waals surface area contributed by atoms with Crippen LogP contribution in [0, 0.1) is 0 Å². The lowest BCUT2D eigenvalue weighted by Crippen LogP contribution is -2.32. The lowest BCUT2D eigenvalue weighted by Gasteiger charge is -2.19. The molecule has 0 aliphatic carbocycles. The van der Waals surface area contributed by atoms with Crippen molar-refractivity contribution in [2.45, 2.75) is 38.8 Å². The van der Waals surface area contributed by atoms with Gasteiger partial charge >= 0.3 is 12.1 Å². The van der Waals surface area contributed by atoms with E-state index in [0.717, 1.165) is 5.56 Å². The fourth-order valence-electron chi connectivity index (χ4n) is 1.49. The van der Waals surface area contributed by atoms with E-state index in [1.165, 1.54) is 0 Å². The van der Waals surface area contributed by atoms with E-state index >= 15 is 0 Å². The fourth-order valence-corrected chi connectivity index (χ4v) is 1.49. The van der Waals surface area contributed by atoms with Crippen molar-refractivity contribution >= 4 is 17.7 Å². The van der Waals surface area contributed by atoms with E-state index in [9.17, 15) is 9.59 Å². The van der Waals surface area contributed by atoms with E-state index in [-0.39, 0.29) is 6.42 Å². The molecular weight excluding hydrogens is 260 g/mol. The smallest absolute Gasteiger partial charge is 0.412 e. The van der Waals surface area contributed by atoms with Gasteiger partial charge in [0.1, 0.15) is 11.6 Å². The molecule has 6 nitrogen and oxygen atoms in total. The van der Waals surface area contributed by atoms with E-state index in [1.54, 1.807) is 45.0 Å². The first-order valence-electron chi connectivity index (χ1n) is 6.25. The molecule has 1 amide bonds. The van der Waals surface area contributed by atoms with Gasteiger partial charge in [-0.25, -0.2) is 4.79 Å². The lowest BCUT2D eigenvalue weighted by molar-refractivity contribution is -0.138. The maximum atomic E-state index is 11.5. The van der Waals surface area contributed by atoms with Crippen molar-refractivity contribution in [1.29, 1.82) is 0 Å². The topological polar surface area (TPSA) is 102 Å². The van der Waals surface area contributed by atoms with Crippen LogP contribution in [0.15, 0.2) is 24.3 Å². The van der Waals surface area contributed by atoms with Crippen molar-refractivity contribution in [3.8, 4) is 0 Å². The molecule has 1 aromatic rings. The number of hydrogen-bond donors (Lipinski definition) is 3. The second kappa shape index (κ2) is 6.38. The van der Waals surface area contributed by atoms with Crippen molar-refractivity contribution in [3.05, 3.63) is 29.8 Å². The van der Waals surface area contributed by atoms with Crippen molar-refractivity contribution in [1.82, 2.24) is 0 Å². The minimum atomic E-state index is -1.04. The Hall–Kier alpha value is -2.08. The van der Waals surface area contributed by atoms with Crippen LogP contribution in [-0.2, 0) is 16.0 Å². The second-order valence-corrected chi connectivity index (χ2v) is 5.47. The Balaban J connectivity index is 2.59. The first kappa shape index (κ1) is 16.0. The van der Waals surface area contributed by atoms with Crippen LogP contribution in [0.5, 0.6) is 0 Å². The first-order chi connectivity index (χ1) is 9.17. The highest BCUT2D eigenvalue weighted by Crippen LogP contribution is 2.13. The summed E-state index contributed by atoms with van der Waals surface area (Å²) < 4.78 is 5.12. The number of carboxylic acid groups (broad SMARTS) is 1. The molecule has 1 aromatic carbocycles. The van der Waals surface area contributed by atoms with Crippen LogP contribution in [0.3, 0.4) is 0 Å². The molecule has 6 heteroatoms. The largest absolute Gasteiger partial charge is 0.480 e. The summed E-state index contributed by atoms with van der Waals surface area (Å²) in [5.74, 6) is -1.04. The SMILES string of the molecule is CC(C)(C)OC(=O)Nc1ccc(CC(N)C(=O)O)cc1. The van der Waals surface area contributed by atoms with E-state index in [0.29, 0.717) is 5.69 Å². The minimum Gasteiger partial charge on any atom is -0.480 e. The number of hydrogen-bond acceptors (Lipinski definition) is 4. The molecule has 20 heavy (non-hydrogen) atoms. The highest BCUT2D eigenvalue weighted by molar-refractivity contribution is 5.84. The third kappa shape index (κ3) is 5.71. The third-order valence-corrected chi connectivity index (χ3v) is 2.37. The van der Waals surface area contributed by atoms with E-state index in [2.05, 4.69) is 5.32 Å². The Morgan fingerprint density at radius 2 is 1.85 bits per heavy atom. The molecule has 1 atom stereocenters. The van der Waals surface area contributed by atoms with Crippen LogP contribution in [0.2, 0.25) is 0 Å². The number of nitrogens with one attached hydrogen (secondary N) is 1. The number of nitrogens with two attached hydrogens (primary N) is 1. The lowest BCUT2D eigenvalue weighted by atomic mass is 10.1. The van der Waals surface area contributed by atoms with E-state index in [1.807, 2.05) is 0 Å². The van der Waals surface area contributed by atoms with Crippen LogP contribution >= 0.6 is 0 Å². The predicted octanol–water partition coefficient (Wildman–Crippen LogP) is 1.99. The predicted molar refractivity (Wildman–Crippen MR) is 75.6 cm³/mol. The van der Waals surface area contributed by atoms with Crippen molar-refractivity contribution < 1.29 is 19.4 Å². The average molecular weight is 280 g/mol. The average Bonchev–Trinajstić information content (AvgIpc) is 2.28. The summed E-state index contributed by atoms with van der Waals surface area (Å²) in [6.07, 6.45) is -0.297. The number of carbonyl (C=O) groups excluding carboxylic acids is 1.